The van der Waals surface area contributed by atoms with Crippen molar-refractivity contribution in [2.45, 2.75) is 26.5 Å². The summed E-state index contributed by atoms with van der Waals surface area (Å²) in [6.45, 7) is 4.13. The van der Waals surface area contributed by atoms with Crippen molar-refractivity contribution >= 4 is 5.65 Å². The summed E-state index contributed by atoms with van der Waals surface area (Å²) in [5.41, 5.74) is 4.39. The zero-order chi connectivity index (χ0) is 20.4. The highest BCUT2D eigenvalue weighted by molar-refractivity contribution is 5.64. The molecule has 0 saturated heterocycles. The SMILES string of the molecule is Cc1ccc(-c2ccc3nn(CC(O)COc4ccccc4C)c(=O)n3c2)cc1. The maximum Gasteiger partial charge on any atom is 0.350 e. The first-order valence-corrected chi connectivity index (χ1v) is 9.54. The molecule has 0 radical (unpaired) electrons. The number of aromatic nitrogens is 3. The quantitative estimate of drug-likeness (QED) is 0.550. The summed E-state index contributed by atoms with van der Waals surface area (Å²) in [5.74, 6) is 0.719. The number of hydrogen-bond donors (Lipinski definition) is 1. The molecule has 2 aromatic heterocycles. The van der Waals surface area contributed by atoms with Gasteiger partial charge in [0.15, 0.2) is 5.65 Å². The normalized spacial score (nSPS) is 12.2. The van der Waals surface area contributed by atoms with Gasteiger partial charge in [-0.25, -0.2) is 13.9 Å². The molecule has 6 nitrogen and oxygen atoms in total. The van der Waals surface area contributed by atoms with Crippen LogP contribution in [0.2, 0.25) is 0 Å². The lowest BCUT2D eigenvalue weighted by molar-refractivity contribution is 0.0881. The Balaban J connectivity index is 1.52. The van der Waals surface area contributed by atoms with Gasteiger partial charge in [0.05, 0.1) is 6.54 Å². The molecule has 0 fully saturated rings. The number of fused-ring (bicyclic) bond motifs is 1. The van der Waals surface area contributed by atoms with E-state index in [-0.39, 0.29) is 18.8 Å². The summed E-state index contributed by atoms with van der Waals surface area (Å²) >= 11 is 0. The fourth-order valence-corrected chi connectivity index (χ4v) is 3.21. The lowest BCUT2D eigenvalue weighted by atomic mass is 10.1. The highest BCUT2D eigenvalue weighted by atomic mass is 16.5. The number of pyridine rings is 1. The predicted octanol–water partition coefficient (Wildman–Crippen LogP) is 3.22. The minimum atomic E-state index is -0.853. The van der Waals surface area contributed by atoms with Crippen molar-refractivity contribution in [3.8, 4) is 16.9 Å². The molecule has 4 aromatic rings. The van der Waals surface area contributed by atoms with E-state index in [0.717, 1.165) is 22.4 Å². The average Bonchev–Trinajstić information content (AvgIpc) is 3.03. The number of hydrogen-bond acceptors (Lipinski definition) is 4. The van der Waals surface area contributed by atoms with E-state index in [0.29, 0.717) is 5.65 Å². The molecule has 0 bridgehead atoms. The predicted molar refractivity (Wildman–Crippen MR) is 112 cm³/mol. The van der Waals surface area contributed by atoms with Gasteiger partial charge >= 0.3 is 5.69 Å². The first-order chi connectivity index (χ1) is 14.0. The molecule has 1 unspecified atom stereocenters. The third-order valence-electron chi connectivity index (χ3n) is 4.87. The number of nitrogens with zero attached hydrogens (tertiary/aromatic N) is 3. The Labute approximate surface area is 168 Å². The van der Waals surface area contributed by atoms with E-state index in [1.54, 1.807) is 6.20 Å². The van der Waals surface area contributed by atoms with E-state index in [2.05, 4.69) is 5.10 Å². The van der Waals surface area contributed by atoms with Crippen molar-refractivity contribution in [1.29, 1.82) is 0 Å². The zero-order valence-corrected chi connectivity index (χ0v) is 16.4. The topological polar surface area (TPSA) is 68.8 Å². The van der Waals surface area contributed by atoms with Crippen LogP contribution in [0.3, 0.4) is 0 Å². The molecular weight excluding hydrogens is 366 g/mol. The van der Waals surface area contributed by atoms with E-state index < -0.39 is 6.10 Å². The Morgan fingerprint density at radius 1 is 1.00 bits per heavy atom. The monoisotopic (exact) mass is 389 g/mol. The van der Waals surface area contributed by atoms with E-state index in [1.165, 1.54) is 14.6 Å². The Bertz CT molecular complexity index is 1190. The van der Waals surface area contributed by atoms with Crippen LogP contribution in [0.5, 0.6) is 5.75 Å². The molecule has 2 heterocycles. The molecule has 0 spiro atoms. The van der Waals surface area contributed by atoms with Gasteiger partial charge < -0.3 is 9.84 Å². The van der Waals surface area contributed by atoms with Gasteiger partial charge in [-0.1, -0.05) is 48.0 Å². The molecule has 0 aliphatic rings. The molecular formula is C23H23N3O3. The van der Waals surface area contributed by atoms with Crippen molar-refractivity contribution in [2.24, 2.45) is 0 Å². The van der Waals surface area contributed by atoms with Gasteiger partial charge in [0.2, 0.25) is 0 Å². The van der Waals surface area contributed by atoms with Crippen molar-refractivity contribution in [3.63, 3.8) is 0 Å². The summed E-state index contributed by atoms with van der Waals surface area (Å²) in [6.07, 6.45) is 0.927. The summed E-state index contributed by atoms with van der Waals surface area (Å²) in [5, 5.41) is 14.7. The second-order valence-electron chi connectivity index (χ2n) is 7.21. The smallest absolute Gasteiger partial charge is 0.350 e. The maximum atomic E-state index is 12.7. The van der Waals surface area contributed by atoms with E-state index in [1.807, 2.05) is 74.5 Å². The summed E-state index contributed by atoms with van der Waals surface area (Å²) < 4.78 is 8.45. The second kappa shape index (κ2) is 7.93. The van der Waals surface area contributed by atoms with Crippen LogP contribution in [-0.2, 0) is 6.54 Å². The van der Waals surface area contributed by atoms with Crippen LogP contribution in [-0.4, -0.2) is 32.0 Å². The zero-order valence-electron chi connectivity index (χ0n) is 16.4. The lowest BCUT2D eigenvalue weighted by Crippen LogP contribution is -2.30. The van der Waals surface area contributed by atoms with Gasteiger partial charge in [0.1, 0.15) is 18.5 Å². The molecule has 6 heteroatoms. The van der Waals surface area contributed by atoms with Crippen molar-refractivity contribution in [2.75, 3.05) is 6.61 Å². The van der Waals surface area contributed by atoms with Crippen LogP contribution >= 0.6 is 0 Å². The third kappa shape index (κ3) is 4.07. The lowest BCUT2D eigenvalue weighted by Gasteiger charge is -2.13. The number of para-hydroxylation sites is 1. The van der Waals surface area contributed by atoms with E-state index >= 15 is 0 Å². The third-order valence-corrected chi connectivity index (χ3v) is 4.87. The molecule has 0 saturated carbocycles. The summed E-state index contributed by atoms with van der Waals surface area (Å²) in [6, 6.07) is 19.5. The number of aliphatic hydroxyl groups excluding tert-OH is 1. The number of benzene rings is 2. The molecule has 148 valence electrons. The molecule has 0 aliphatic heterocycles. The summed E-state index contributed by atoms with van der Waals surface area (Å²) in [4.78, 5) is 12.7. The molecule has 2 aromatic carbocycles. The molecule has 0 amide bonds. The Hall–Kier alpha value is -3.38. The van der Waals surface area contributed by atoms with Gasteiger partial charge in [-0.2, -0.15) is 0 Å². The average molecular weight is 389 g/mol. The Kier molecular flexibility index (Phi) is 5.18. The van der Waals surface area contributed by atoms with Crippen LogP contribution in [0.1, 0.15) is 11.1 Å². The van der Waals surface area contributed by atoms with Gasteiger partial charge in [-0.15, -0.1) is 5.10 Å². The molecule has 0 aliphatic carbocycles. The van der Waals surface area contributed by atoms with Crippen LogP contribution < -0.4 is 10.4 Å². The van der Waals surface area contributed by atoms with E-state index in [4.69, 9.17) is 4.74 Å². The minimum absolute atomic E-state index is 0.0618. The van der Waals surface area contributed by atoms with Gasteiger partial charge in [0, 0.05) is 6.20 Å². The van der Waals surface area contributed by atoms with Crippen LogP contribution in [0, 0.1) is 13.8 Å². The minimum Gasteiger partial charge on any atom is -0.491 e. The van der Waals surface area contributed by atoms with E-state index in [9.17, 15) is 9.90 Å². The molecule has 1 N–H and O–H groups in total. The second-order valence-corrected chi connectivity index (χ2v) is 7.21. The van der Waals surface area contributed by atoms with Crippen molar-refractivity contribution in [3.05, 3.63) is 88.5 Å². The first-order valence-electron chi connectivity index (χ1n) is 9.54. The highest BCUT2D eigenvalue weighted by Gasteiger charge is 2.13. The fourth-order valence-electron chi connectivity index (χ4n) is 3.21. The van der Waals surface area contributed by atoms with Gasteiger partial charge in [-0.05, 0) is 48.7 Å². The van der Waals surface area contributed by atoms with Crippen molar-refractivity contribution < 1.29 is 9.84 Å². The summed E-state index contributed by atoms with van der Waals surface area (Å²) in [7, 11) is 0. The largest absolute Gasteiger partial charge is 0.491 e. The number of aryl methyl sites for hydroxylation is 2. The maximum absolute atomic E-state index is 12.7. The van der Waals surface area contributed by atoms with Crippen molar-refractivity contribution in [1.82, 2.24) is 14.2 Å². The van der Waals surface area contributed by atoms with Crippen LogP contribution in [0.25, 0.3) is 16.8 Å². The van der Waals surface area contributed by atoms with Gasteiger partial charge in [0.25, 0.3) is 0 Å². The Morgan fingerprint density at radius 3 is 2.48 bits per heavy atom. The standard InChI is InChI=1S/C23H23N3O3/c1-16-7-9-18(10-8-16)19-11-12-22-24-26(23(28)25(22)13-19)14-20(27)15-29-21-6-4-3-5-17(21)2/h3-13,20,27H,14-15H2,1-2H3. The van der Waals surface area contributed by atoms with Crippen LogP contribution in [0.15, 0.2) is 71.7 Å². The molecule has 1 atom stereocenters. The Morgan fingerprint density at radius 2 is 1.72 bits per heavy atom. The first kappa shape index (κ1) is 19.0. The number of aliphatic hydroxyl groups is 1. The molecule has 4 rings (SSSR count). The molecule has 29 heavy (non-hydrogen) atoms. The number of ether oxygens (including phenoxy) is 1. The van der Waals surface area contributed by atoms with Crippen LogP contribution in [0.4, 0.5) is 0 Å². The number of rotatable bonds is 6. The fraction of sp³-hybridized carbons (Fsp3) is 0.217. The van der Waals surface area contributed by atoms with Gasteiger partial charge in [-0.3, -0.25) is 0 Å². The highest BCUT2D eigenvalue weighted by Crippen LogP contribution is 2.20.